The lowest BCUT2D eigenvalue weighted by atomic mass is 9.49. The molecule has 0 aromatic carbocycles. The molecule has 1 aliphatic heterocycles. The molecule has 4 bridgehead atoms. The maximum atomic E-state index is 12.7. The Morgan fingerprint density at radius 3 is 2.42 bits per heavy atom. The predicted octanol–water partition coefficient (Wildman–Crippen LogP) is 1.48. The molecule has 0 spiro atoms. The predicted molar refractivity (Wildman–Crippen MR) is 92.3 cm³/mol. The lowest BCUT2D eigenvalue weighted by Gasteiger charge is -2.57. The van der Waals surface area contributed by atoms with Crippen LogP contribution in [0.3, 0.4) is 0 Å². The second-order valence-electron chi connectivity index (χ2n) is 9.04. The summed E-state index contributed by atoms with van der Waals surface area (Å²) in [5.74, 6) is 3.12. The minimum absolute atomic E-state index is 0.104. The Hall–Kier alpha value is -1.10. The highest BCUT2D eigenvalue weighted by molar-refractivity contribution is 5.79. The van der Waals surface area contributed by atoms with Crippen LogP contribution in [0, 0.1) is 23.2 Å². The van der Waals surface area contributed by atoms with Crippen molar-refractivity contribution in [1.29, 1.82) is 0 Å². The molecule has 134 valence electrons. The van der Waals surface area contributed by atoms with E-state index in [1.54, 1.807) is 0 Å². The number of hydrogen-bond acceptors (Lipinski definition) is 3. The van der Waals surface area contributed by atoms with Crippen molar-refractivity contribution in [3.8, 4) is 0 Å². The van der Waals surface area contributed by atoms with Crippen LogP contribution in [0.5, 0.6) is 0 Å². The molecule has 5 nitrogen and oxygen atoms in total. The van der Waals surface area contributed by atoms with Gasteiger partial charge in [-0.15, -0.1) is 0 Å². The largest absolute Gasteiger partial charge is 0.355 e. The molecule has 24 heavy (non-hydrogen) atoms. The van der Waals surface area contributed by atoms with Gasteiger partial charge in [0.25, 0.3) is 0 Å². The van der Waals surface area contributed by atoms with Gasteiger partial charge >= 0.3 is 0 Å². The van der Waals surface area contributed by atoms with E-state index in [4.69, 9.17) is 0 Å². The van der Waals surface area contributed by atoms with Gasteiger partial charge in [-0.2, -0.15) is 0 Å². The Morgan fingerprint density at radius 1 is 1.17 bits per heavy atom. The van der Waals surface area contributed by atoms with Gasteiger partial charge < -0.3 is 10.2 Å². The minimum atomic E-state index is 0.104. The molecule has 0 aromatic rings. The zero-order valence-electron chi connectivity index (χ0n) is 14.9. The SMILES string of the molecule is CN(CC12CC3CC(CC(C3)C1)C2)C(=O)CN1CCNC(=O)CC1. The number of nitrogens with zero attached hydrogens (tertiary/aromatic N) is 2. The first-order chi connectivity index (χ1) is 11.5. The van der Waals surface area contributed by atoms with Gasteiger partial charge in [-0.05, 0) is 61.7 Å². The van der Waals surface area contributed by atoms with Crippen molar-refractivity contribution in [3.05, 3.63) is 0 Å². The van der Waals surface area contributed by atoms with E-state index >= 15 is 0 Å². The standard InChI is InChI=1S/C19H31N3O2/c1-21(18(24)12-22-4-2-17(23)20-3-5-22)13-19-9-14-6-15(10-19)8-16(7-14)11-19/h14-16H,2-13H2,1H3,(H,20,23). The third-order valence-corrected chi connectivity index (χ3v) is 6.93. The van der Waals surface area contributed by atoms with Gasteiger partial charge in [0.15, 0.2) is 0 Å². The molecule has 4 saturated carbocycles. The maximum Gasteiger partial charge on any atom is 0.236 e. The molecule has 1 heterocycles. The van der Waals surface area contributed by atoms with E-state index in [1.165, 1.54) is 38.5 Å². The number of carbonyl (C=O) groups is 2. The monoisotopic (exact) mass is 333 g/mol. The molecule has 0 radical (unpaired) electrons. The third-order valence-electron chi connectivity index (χ3n) is 6.93. The van der Waals surface area contributed by atoms with Gasteiger partial charge in [0.1, 0.15) is 0 Å². The Morgan fingerprint density at radius 2 is 1.79 bits per heavy atom. The molecule has 5 heteroatoms. The average molecular weight is 333 g/mol. The van der Waals surface area contributed by atoms with Crippen LogP contribution in [0.4, 0.5) is 0 Å². The maximum absolute atomic E-state index is 12.7. The molecule has 5 rings (SSSR count). The van der Waals surface area contributed by atoms with Crippen molar-refractivity contribution >= 4 is 11.8 Å². The number of rotatable bonds is 4. The molecule has 0 unspecified atom stereocenters. The van der Waals surface area contributed by atoms with Crippen molar-refractivity contribution in [2.45, 2.75) is 44.9 Å². The highest BCUT2D eigenvalue weighted by Crippen LogP contribution is 2.60. The van der Waals surface area contributed by atoms with Crippen LogP contribution < -0.4 is 5.32 Å². The molecule has 1 saturated heterocycles. The van der Waals surface area contributed by atoms with Crippen molar-refractivity contribution in [2.24, 2.45) is 23.2 Å². The second-order valence-corrected chi connectivity index (χ2v) is 9.04. The van der Waals surface area contributed by atoms with Crippen molar-refractivity contribution in [2.75, 3.05) is 39.8 Å². The van der Waals surface area contributed by atoms with Crippen LogP contribution in [0.1, 0.15) is 44.9 Å². The zero-order valence-corrected chi connectivity index (χ0v) is 14.9. The molecule has 5 fully saturated rings. The van der Waals surface area contributed by atoms with E-state index in [0.29, 0.717) is 31.5 Å². The van der Waals surface area contributed by atoms with Gasteiger partial charge in [-0.25, -0.2) is 0 Å². The van der Waals surface area contributed by atoms with Crippen molar-refractivity contribution in [3.63, 3.8) is 0 Å². The van der Waals surface area contributed by atoms with Crippen LogP contribution in [0.25, 0.3) is 0 Å². The summed E-state index contributed by atoms with van der Waals surface area (Å²) < 4.78 is 0. The van der Waals surface area contributed by atoms with Crippen molar-refractivity contribution in [1.82, 2.24) is 15.1 Å². The van der Waals surface area contributed by atoms with Crippen LogP contribution in [0.2, 0.25) is 0 Å². The summed E-state index contributed by atoms with van der Waals surface area (Å²) in [5, 5.41) is 2.87. The first-order valence-corrected chi connectivity index (χ1v) is 9.74. The van der Waals surface area contributed by atoms with E-state index in [1.807, 2.05) is 11.9 Å². The molecule has 5 aliphatic rings. The quantitative estimate of drug-likeness (QED) is 0.848. The number of carbonyl (C=O) groups excluding carboxylic acids is 2. The van der Waals surface area contributed by atoms with E-state index in [-0.39, 0.29) is 11.8 Å². The van der Waals surface area contributed by atoms with Crippen LogP contribution >= 0.6 is 0 Å². The highest BCUT2D eigenvalue weighted by Gasteiger charge is 2.51. The highest BCUT2D eigenvalue weighted by atomic mass is 16.2. The Balaban J connectivity index is 1.33. The Bertz CT molecular complexity index is 483. The van der Waals surface area contributed by atoms with Crippen LogP contribution in [0.15, 0.2) is 0 Å². The van der Waals surface area contributed by atoms with E-state index in [9.17, 15) is 9.59 Å². The molecular formula is C19H31N3O2. The van der Waals surface area contributed by atoms with E-state index < -0.39 is 0 Å². The summed E-state index contributed by atoms with van der Waals surface area (Å²) in [6, 6.07) is 0. The summed E-state index contributed by atoms with van der Waals surface area (Å²) in [5.41, 5.74) is 0.412. The Kier molecular flexibility index (Phi) is 4.31. The molecular weight excluding hydrogens is 302 g/mol. The molecule has 2 amide bonds. The van der Waals surface area contributed by atoms with Crippen LogP contribution in [-0.4, -0.2) is 61.4 Å². The summed E-state index contributed by atoms with van der Waals surface area (Å²) in [4.78, 5) is 28.3. The Labute approximate surface area is 145 Å². The number of hydrogen-bond donors (Lipinski definition) is 1. The second kappa shape index (κ2) is 6.32. The average Bonchev–Trinajstić information content (AvgIpc) is 2.70. The smallest absolute Gasteiger partial charge is 0.236 e. The summed E-state index contributed by atoms with van der Waals surface area (Å²) >= 11 is 0. The van der Waals surface area contributed by atoms with Gasteiger partial charge in [-0.3, -0.25) is 14.5 Å². The van der Waals surface area contributed by atoms with Gasteiger partial charge in [-0.1, -0.05) is 0 Å². The number of nitrogens with one attached hydrogen (secondary N) is 1. The molecule has 0 aromatic heterocycles. The first-order valence-electron chi connectivity index (χ1n) is 9.74. The van der Waals surface area contributed by atoms with Gasteiger partial charge in [0.05, 0.1) is 6.54 Å². The first kappa shape index (κ1) is 16.4. The summed E-state index contributed by atoms with van der Waals surface area (Å²) in [7, 11) is 1.99. The minimum Gasteiger partial charge on any atom is -0.355 e. The number of likely N-dealkylation sites (N-methyl/N-ethyl adjacent to an activating group) is 1. The fourth-order valence-electron chi connectivity index (χ4n) is 6.36. The lowest BCUT2D eigenvalue weighted by molar-refractivity contribution is -0.136. The number of amides is 2. The van der Waals surface area contributed by atoms with E-state index in [2.05, 4.69) is 10.2 Å². The van der Waals surface area contributed by atoms with Gasteiger partial charge in [0, 0.05) is 39.6 Å². The van der Waals surface area contributed by atoms with E-state index in [0.717, 1.165) is 30.8 Å². The topological polar surface area (TPSA) is 52.7 Å². The zero-order chi connectivity index (χ0) is 16.7. The summed E-state index contributed by atoms with van der Waals surface area (Å²) in [6.07, 6.45) is 8.89. The molecule has 4 aliphatic carbocycles. The van der Waals surface area contributed by atoms with Gasteiger partial charge in [0.2, 0.25) is 11.8 Å². The third kappa shape index (κ3) is 3.32. The molecule has 1 N–H and O–H groups in total. The summed E-state index contributed by atoms with van der Waals surface area (Å²) in [6.45, 7) is 3.54. The molecule has 0 atom stereocenters. The van der Waals surface area contributed by atoms with Crippen molar-refractivity contribution < 1.29 is 9.59 Å². The van der Waals surface area contributed by atoms with Crippen LogP contribution in [-0.2, 0) is 9.59 Å². The fourth-order valence-corrected chi connectivity index (χ4v) is 6.36. The lowest BCUT2D eigenvalue weighted by Crippen LogP contribution is -2.52. The fraction of sp³-hybridized carbons (Fsp3) is 0.895. The normalized spacial score (nSPS) is 38.7.